The fourth-order valence-corrected chi connectivity index (χ4v) is 3.06. The Morgan fingerprint density at radius 1 is 1.18 bits per heavy atom. The minimum atomic E-state index is -0.841. The van der Waals surface area contributed by atoms with Crippen molar-refractivity contribution >= 4 is 11.9 Å². The molecule has 1 aliphatic carbocycles. The molecule has 96 valence electrons. The van der Waals surface area contributed by atoms with Crippen LogP contribution in [0.5, 0.6) is 0 Å². The molecule has 0 aromatic carbocycles. The third kappa shape index (κ3) is 1.94. The van der Waals surface area contributed by atoms with Gasteiger partial charge in [0.05, 0.1) is 11.8 Å². The zero-order chi connectivity index (χ0) is 13.0. The quantitative estimate of drug-likeness (QED) is 0.796. The van der Waals surface area contributed by atoms with Gasteiger partial charge in [-0.15, -0.1) is 0 Å². The third-order valence-electron chi connectivity index (χ3n) is 4.35. The first-order valence-electron chi connectivity index (χ1n) is 6.18. The van der Waals surface area contributed by atoms with E-state index in [4.69, 9.17) is 5.11 Å². The van der Waals surface area contributed by atoms with E-state index >= 15 is 0 Å². The van der Waals surface area contributed by atoms with Crippen molar-refractivity contribution in [1.29, 1.82) is 0 Å². The van der Waals surface area contributed by atoms with E-state index in [1.807, 2.05) is 18.7 Å². The fraction of sp³-hybridized carbons (Fsp3) is 0.846. The molecule has 0 aromatic rings. The highest BCUT2D eigenvalue weighted by molar-refractivity contribution is 5.91. The zero-order valence-corrected chi connectivity index (χ0v) is 11.0. The molecule has 1 N–H and O–H groups in total. The highest BCUT2D eigenvalue weighted by Crippen LogP contribution is 2.59. The van der Waals surface area contributed by atoms with Crippen molar-refractivity contribution in [3.63, 3.8) is 0 Å². The lowest BCUT2D eigenvalue weighted by Gasteiger charge is -2.20. The first kappa shape index (κ1) is 12.4. The van der Waals surface area contributed by atoms with Crippen LogP contribution < -0.4 is 0 Å². The standard InChI is InChI=1S/C13H21NO3/c1-12(2)5-6-14(7-12)10(15)8-9(11(16)17)13(8,3)4/h8-9H,5-7H2,1-4H3,(H,16,17)/t8-,9+/m1/s1. The van der Waals surface area contributed by atoms with Crippen LogP contribution in [-0.2, 0) is 9.59 Å². The summed E-state index contributed by atoms with van der Waals surface area (Å²) in [7, 11) is 0. The van der Waals surface area contributed by atoms with Crippen molar-refractivity contribution in [1.82, 2.24) is 4.90 Å². The third-order valence-corrected chi connectivity index (χ3v) is 4.35. The van der Waals surface area contributed by atoms with Gasteiger partial charge in [-0.05, 0) is 17.3 Å². The van der Waals surface area contributed by atoms with Gasteiger partial charge in [-0.2, -0.15) is 0 Å². The molecule has 1 saturated heterocycles. The van der Waals surface area contributed by atoms with Gasteiger partial charge in [0.2, 0.25) is 5.91 Å². The van der Waals surface area contributed by atoms with Gasteiger partial charge in [-0.3, -0.25) is 9.59 Å². The molecular formula is C13H21NO3. The summed E-state index contributed by atoms with van der Waals surface area (Å²) in [6.07, 6.45) is 1.00. The molecule has 0 bridgehead atoms. The first-order valence-corrected chi connectivity index (χ1v) is 6.18. The van der Waals surface area contributed by atoms with Gasteiger partial charge in [0.1, 0.15) is 0 Å². The zero-order valence-electron chi connectivity index (χ0n) is 11.0. The van der Waals surface area contributed by atoms with Gasteiger partial charge >= 0.3 is 5.97 Å². The predicted octanol–water partition coefficient (Wildman–Crippen LogP) is 1.60. The summed E-state index contributed by atoms with van der Waals surface area (Å²) in [5.41, 5.74) is -0.205. The molecule has 1 amide bonds. The van der Waals surface area contributed by atoms with Crippen LogP contribution in [0.2, 0.25) is 0 Å². The summed E-state index contributed by atoms with van der Waals surface area (Å²) in [6, 6.07) is 0. The van der Waals surface area contributed by atoms with Crippen molar-refractivity contribution in [2.24, 2.45) is 22.7 Å². The summed E-state index contributed by atoms with van der Waals surface area (Å²) in [6.45, 7) is 9.56. The van der Waals surface area contributed by atoms with E-state index in [-0.39, 0.29) is 22.7 Å². The second-order valence-electron chi connectivity index (χ2n) is 6.79. The van der Waals surface area contributed by atoms with Crippen molar-refractivity contribution < 1.29 is 14.7 Å². The van der Waals surface area contributed by atoms with Gasteiger partial charge in [-0.1, -0.05) is 27.7 Å². The average Bonchev–Trinajstić information content (AvgIpc) is 2.55. The summed E-state index contributed by atoms with van der Waals surface area (Å²) in [5.74, 6) is -1.63. The number of rotatable bonds is 2. The first-order chi connectivity index (χ1) is 7.67. The molecule has 0 radical (unpaired) electrons. The van der Waals surface area contributed by atoms with Crippen LogP contribution in [0, 0.1) is 22.7 Å². The number of carboxylic acids is 1. The van der Waals surface area contributed by atoms with Crippen LogP contribution in [0.3, 0.4) is 0 Å². The van der Waals surface area contributed by atoms with E-state index in [0.29, 0.717) is 0 Å². The minimum absolute atomic E-state index is 0.0352. The van der Waals surface area contributed by atoms with Gasteiger partial charge in [0, 0.05) is 13.1 Å². The molecule has 0 spiro atoms. The van der Waals surface area contributed by atoms with Gasteiger partial charge < -0.3 is 10.0 Å². The molecule has 0 aromatic heterocycles. The Morgan fingerprint density at radius 3 is 2.12 bits per heavy atom. The molecule has 2 aliphatic rings. The van der Waals surface area contributed by atoms with E-state index in [2.05, 4.69) is 13.8 Å². The van der Waals surface area contributed by atoms with E-state index in [9.17, 15) is 9.59 Å². The van der Waals surface area contributed by atoms with Crippen molar-refractivity contribution in [2.45, 2.75) is 34.1 Å². The maximum atomic E-state index is 12.3. The van der Waals surface area contributed by atoms with Gasteiger partial charge in [0.15, 0.2) is 0 Å². The van der Waals surface area contributed by atoms with Crippen LogP contribution in [0.15, 0.2) is 0 Å². The highest BCUT2D eigenvalue weighted by Gasteiger charge is 2.66. The molecule has 0 unspecified atom stereocenters. The molecule has 1 saturated carbocycles. The van der Waals surface area contributed by atoms with Crippen LogP contribution in [-0.4, -0.2) is 35.0 Å². The summed E-state index contributed by atoms with van der Waals surface area (Å²) in [4.78, 5) is 25.2. The number of amides is 1. The van der Waals surface area contributed by atoms with Gasteiger partial charge in [-0.25, -0.2) is 0 Å². The van der Waals surface area contributed by atoms with Crippen LogP contribution >= 0.6 is 0 Å². The summed E-state index contributed by atoms with van der Waals surface area (Å²) < 4.78 is 0. The van der Waals surface area contributed by atoms with Crippen LogP contribution in [0.4, 0.5) is 0 Å². The van der Waals surface area contributed by atoms with E-state index in [1.54, 1.807) is 0 Å². The number of hydrogen-bond acceptors (Lipinski definition) is 2. The minimum Gasteiger partial charge on any atom is -0.481 e. The number of nitrogens with zero attached hydrogens (tertiary/aromatic N) is 1. The van der Waals surface area contributed by atoms with E-state index in [0.717, 1.165) is 19.5 Å². The Hall–Kier alpha value is -1.06. The summed E-state index contributed by atoms with van der Waals surface area (Å²) >= 11 is 0. The van der Waals surface area contributed by atoms with E-state index in [1.165, 1.54) is 0 Å². The molecule has 4 nitrogen and oxygen atoms in total. The molecular weight excluding hydrogens is 218 g/mol. The molecule has 1 heterocycles. The van der Waals surface area contributed by atoms with Gasteiger partial charge in [0.25, 0.3) is 0 Å². The molecule has 1 aliphatic heterocycles. The second kappa shape index (κ2) is 3.47. The maximum absolute atomic E-state index is 12.3. The normalized spacial score (nSPS) is 33.5. The number of carbonyl (C=O) groups is 2. The number of hydrogen-bond donors (Lipinski definition) is 1. The molecule has 2 rings (SSSR count). The van der Waals surface area contributed by atoms with Crippen LogP contribution in [0.1, 0.15) is 34.1 Å². The van der Waals surface area contributed by atoms with Crippen molar-refractivity contribution in [3.8, 4) is 0 Å². The topological polar surface area (TPSA) is 57.6 Å². The lowest BCUT2D eigenvalue weighted by Crippen LogP contribution is -2.33. The number of carbonyl (C=O) groups excluding carboxylic acids is 1. The largest absolute Gasteiger partial charge is 0.481 e. The molecule has 2 fully saturated rings. The molecule has 4 heteroatoms. The predicted molar refractivity (Wildman–Crippen MR) is 63.4 cm³/mol. The fourth-order valence-electron chi connectivity index (χ4n) is 3.06. The van der Waals surface area contributed by atoms with Crippen molar-refractivity contribution in [2.75, 3.05) is 13.1 Å². The second-order valence-corrected chi connectivity index (χ2v) is 6.79. The highest BCUT2D eigenvalue weighted by atomic mass is 16.4. The van der Waals surface area contributed by atoms with Crippen LogP contribution in [0.25, 0.3) is 0 Å². The summed E-state index contributed by atoms with van der Waals surface area (Å²) in [5, 5.41) is 9.08. The number of aliphatic carboxylic acids is 1. The Balaban J connectivity index is 2.06. The lowest BCUT2D eigenvalue weighted by molar-refractivity contribution is -0.141. The monoisotopic (exact) mass is 239 g/mol. The Kier molecular flexibility index (Phi) is 2.53. The Bertz CT molecular complexity index is 373. The smallest absolute Gasteiger partial charge is 0.307 e. The van der Waals surface area contributed by atoms with Crippen molar-refractivity contribution in [3.05, 3.63) is 0 Å². The maximum Gasteiger partial charge on any atom is 0.307 e. The number of likely N-dealkylation sites (tertiary alicyclic amines) is 1. The average molecular weight is 239 g/mol. The molecule has 2 atom stereocenters. The Labute approximate surface area is 102 Å². The lowest BCUT2D eigenvalue weighted by atomic mass is 9.93. The number of carboxylic acid groups (broad SMARTS) is 1. The SMILES string of the molecule is CC1(C)CCN(C(=O)[C@H]2[C@@H](C(=O)O)C2(C)C)C1. The molecule has 17 heavy (non-hydrogen) atoms. The Morgan fingerprint density at radius 2 is 1.76 bits per heavy atom. The van der Waals surface area contributed by atoms with E-state index < -0.39 is 11.9 Å².